The van der Waals surface area contributed by atoms with Crippen LogP contribution in [0.5, 0.6) is 0 Å². The SMILES string of the molecule is ClC1=NC2=CC(C3CCC3)C=CC23N=CN=C13. The lowest BCUT2D eigenvalue weighted by Crippen LogP contribution is -2.35. The molecule has 86 valence electrons. The quantitative estimate of drug-likeness (QED) is 0.637. The highest BCUT2D eigenvalue weighted by Gasteiger charge is 2.48. The molecule has 17 heavy (non-hydrogen) atoms. The van der Waals surface area contributed by atoms with E-state index in [1.807, 2.05) is 0 Å². The number of halogens is 1. The van der Waals surface area contributed by atoms with E-state index >= 15 is 0 Å². The zero-order chi connectivity index (χ0) is 11.5. The average Bonchev–Trinajstić information content (AvgIpc) is 2.74. The van der Waals surface area contributed by atoms with Gasteiger partial charge in [-0.3, -0.25) is 0 Å². The van der Waals surface area contributed by atoms with E-state index in [4.69, 9.17) is 11.6 Å². The summed E-state index contributed by atoms with van der Waals surface area (Å²) in [5.74, 6) is 1.30. The first-order valence-corrected chi connectivity index (χ1v) is 6.45. The van der Waals surface area contributed by atoms with Crippen LogP contribution >= 0.6 is 11.6 Å². The molecule has 0 radical (unpaired) electrons. The van der Waals surface area contributed by atoms with E-state index in [1.165, 1.54) is 19.3 Å². The van der Waals surface area contributed by atoms with E-state index in [0.29, 0.717) is 11.1 Å². The third-order valence-electron chi connectivity index (χ3n) is 4.22. The molecule has 1 spiro atoms. The molecule has 2 aliphatic heterocycles. The number of nitrogens with zero attached hydrogens (tertiary/aromatic N) is 3. The van der Waals surface area contributed by atoms with Crippen LogP contribution in [0.25, 0.3) is 0 Å². The van der Waals surface area contributed by atoms with Crippen LogP contribution in [0.2, 0.25) is 0 Å². The zero-order valence-corrected chi connectivity index (χ0v) is 10.1. The minimum Gasteiger partial charge on any atom is -0.250 e. The van der Waals surface area contributed by atoms with Crippen molar-refractivity contribution in [3.63, 3.8) is 0 Å². The smallest absolute Gasteiger partial charge is 0.167 e. The molecule has 1 saturated carbocycles. The zero-order valence-electron chi connectivity index (χ0n) is 9.31. The molecule has 0 bridgehead atoms. The van der Waals surface area contributed by atoms with Crippen molar-refractivity contribution in [2.75, 3.05) is 0 Å². The fourth-order valence-electron chi connectivity index (χ4n) is 2.96. The molecule has 4 heteroatoms. The van der Waals surface area contributed by atoms with E-state index in [9.17, 15) is 0 Å². The number of allylic oxidation sites excluding steroid dienone is 2. The molecule has 3 nitrogen and oxygen atoms in total. The molecule has 0 aromatic carbocycles. The van der Waals surface area contributed by atoms with Gasteiger partial charge in [0, 0.05) is 0 Å². The van der Waals surface area contributed by atoms with Crippen molar-refractivity contribution in [2.45, 2.75) is 24.8 Å². The maximum absolute atomic E-state index is 6.12. The highest BCUT2D eigenvalue weighted by atomic mass is 35.5. The third kappa shape index (κ3) is 1.15. The van der Waals surface area contributed by atoms with E-state index in [0.717, 1.165) is 17.3 Å². The van der Waals surface area contributed by atoms with Gasteiger partial charge >= 0.3 is 0 Å². The number of hydrogen-bond acceptors (Lipinski definition) is 3. The predicted molar refractivity (Wildman–Crippen MR) is 70.0 cm³/mol. The van der Waals surface area contributed by atoms with Crippen molar-refractivity contribution in [3.05, 3.63) is 23.9 Å². The summed E-state index contributed by atoms with van der Waals surface area (Å²) in [6.07, 6.45) is 12.2. The molecule has 4 rings (SSSR count). The standard InChI is InChI=1S/C13H12ClN3/c14-12-11-13(16-7-15-11)5-4-9(6-10(13)17-12)8-2-1-3-8/h4-9H,1-3H2. The first-order valence-electron chi connectivity index (χ1n) is 6.08. The van der Waals surface area contributed by atoms with Crippen molar-refractivity contribution in [3.8, 4) is 0 Å². The molecule has 2 atom stereocenters. The van der Waals surface area contributed by atoms with Gasteiger partial charge in [-0.15, -0.1) is 0 Å². The molecule has 2 unspecified atom stereocenters. The lowest BCUT2D eigenvalue weighted by Gasteiger charge is -2.34. The second-order valence-electron chi connectivity index (χ2n) is 5.07. The van der Waals surface area contributed by atoms with Crippen molar-refractivity contribution >= 4 is 28.8 Å². The van der Waals surface area contributed by atoms with Gasteiger partial charge in [0.05, 0.1) is 5.70 Å². The van der Waals surface area contributed by atoms with Crippen LogP contribution in [0.3, 0.4) is 0 Å². The maximum Gasteiger partial charge on any atom is 0.167 e. The lowest BCUT2D eigenvalue weighted by atomic mass is 9.72. The molecule has 0 amide bonds. The molecule has 0 saturated heterocycles. The van der Waals surface area contributed by atoms with Crippen LogP contribution in [0, 0.1) is 11.8 Å². The Hall–Kier alpha value is -1.22. The highest BCUT2D eigenvalue weighted by Crippen LogP contribution is 2.44. The molecule has 1 fully saturated rings. The Kier molecular flexibility index (Phi) is 1.82. The van der Waals surface area contributed by atoms with E-state index in [-0.39, 0.29) is 0 Å². The molecule has 4 aliphatic rings. The summed E-state index contributed by atoms with van der Waals surface area (Å²) in [5, 5.41) is 0.493. The van der Waals surface area contributed by atoms with Crippen molar-refractivity contribution < 1.29 is 0 Å². The minimum absolute atomic E-state index is 0.475. The van der Waals surface area contributed by atoms with Gasteiger partial charge in [0.15, 0.2) is 10.7 Å². The molecule has 2 aliphatic carbocycles. The summed E-state index contributed by atoms with van der Waals surface area (Å²) in [5.41, 5.74) is 1.28. The topological polar surface area (TPSA) is 37.1 Å². The third-order valence-corrected chi connectivity index (χ3v) is 4.48. The van der Waals surface area contributed by atoms with Gasteiger partial charge in [-0.05, 0) is 30.8 Å². The molecule has 0 N–H and O–H groups in total. The van der Waals surface area contributed by atoms with Crippen LogP contribution in [0.1, 0.15) is 19.3 Å². The van der Waals surface area contributed by atoms with Gasteiger partial charge in [0.25, 0.3) is 0 Å². The fraction of sp³-hybridized carbons (Fsp3) is 0.462. The van der Waals surface area contributed by atoms with Crippen molar-refractivity contribution in [1.82, 2.24) is 0 Å². The monoisotopic (exact) mass is 245 g/mol. The van der Waals surface area contributed by atoms with E-state index < -0.39 is 5.54 Å². The lowest BCUT2D eigenvalue weighted by molar-refractivity contribution is 0.270. The molecule has 2 heterocycles. The first kappa shape index (κ1) is 9.77. The van der Waals surface area contributed by atoms with Crippen LogP contribution < -0.4 is 0 Å². The second-order valence-corrected chi connectivity index (χ2v) is 5.43. The van der Waals surface area contributed by atoms with Crippen molar-refractivity contribution in [2.24, 2.45) is 26.8 Å². The van der Waals surface area contributed by atoms with Crippen LogP contribution in [-0.4, -0.2) is 22.8 Å². The highest BCUT2D eigenvalue weighted by molar-refractivity contribution is 6.86. The van der Waals surface area contributed by atoms with Crippen LogP contribution in [-0.2, 0) is 0 Å². The maximum atomic E-state index is 6.12. The summed E-state index contributed by atoms with van der Waals surface area (Å²) < 4.78 is 0. The first-order chi connectivity index (χ1) is 8.29. The Morgan fingerprint density at radius 2 is 2.24 bits per heavy atom. The molecular formula is C13H12ClN3. The normalized spacial score (nSPS) is 38.2. The van der Waals surface area contributed by atoms with E-state index in [1.54, 1.807) is 6.34 Å². The van der Waals surface area contributed by atoms with Crippen LogP contribution in [0.15, 0.2) is 38.9 Å². The number of hydrogen-bond donors (Lipinski definition) is 0. The number of aliphatic imine (C=N–C) groups is 3. The Morgan fingerprint density at radius 1 is 1.35 bits per heavy atom. The van der Waals surface area contributed by atoms with Gasteiger partial charge in [0.1, 0.15) is 12.1 Å². The Labute approximate surface area is 105 Å². The average molecular weight is 246 g/mol. The van der Waals surface area contributed by atoms with Gasteiger partial charge < -0.3 is 0 Å². The second kappa shape index (κ2) is 3.16. The Morgan fingerprint density at radius 3 is 3.00 bits per heavy atom. The minimum atomic E-state index is -0.475. The Bertz CT molecular complexity index is 537. The Balaban J connectivity index is 1.77. The van der Waals surface area contributed by atoms with Gasteiger partial charge in [-0.1, -0.05) is 30.2 Å². The molecular weight excluding hydrogens is 234 g/mol. The largest absolute Gasteiger partial charge is 0.250 e. The molecule has 0 aromatic heterocycles. The van der Waals surface area contributed by atoms with E-state index in [2.05, 4.69) is 33.2 Å². The fourth-order valence-corrected chi connectivity index (χ4v) is 3.24. The summed E-state index contributed by atoms with van der Waals surface area (Å²) in [6, 6.07) is 0. The summed E-state index contributed by atoms with van der Waals surface area (Å²) in [6.45, 7) is 0. The predicted octanol–water partition coefficient (Wildman–Crippen LogP) is 2.73. The summed E-state index contributed by atoms with van der Waals surface area (Å²) >= 11 is 6.12. The van der Waals surface area contributed by atoms with Gasteiger partial charge in [0.2, 0.25) is 0 Å². The van der Waals surface area contributed by atoms with Crippen molar-refractivity contribution in [1.29, 1.82) is 0 Å². The summed E-state index contributed by atoms with van der Waals surface area (Å²) in [7, 11) is 0. The van der Waals surface area contributed by atoms with Gasteiger partial charge in [-0.25, -0.2) is 15.0 Å². The molecule has 0 aromatic rings. The van der Waals surface area contributed by atoms with Crippen LogP contribution in [0.4, 0.5) is 0 Å². The number of rotatable bonds is 1. The summed E-state index contributed by atoms with van der Waals surface area (Å²) in [4.78, 5) is 13.1. The van der Waals surface area contributed by atoms with Gasteiger partial charge in [-0.2, -0.15) is 0 Å².